The lowest BCUT2D eigenvalue weighted by molar-refractivity contribution is -0.127. The second kappa shape index (κ2) is 6.53. The Kier molecular flexibility index (Phi) is 5.60. The number of nitrogens with zero attached hydrogens (tertiary/aromatic N) is 1. The number of nitrogens with two attached hydrogens (primary N) is 1. The van der Waals surface area contributed by atoms with Gasteiger partial charge in [-0.2, -0.15) is 0 Å². The Bertz CT molecular complexity index is 274. The van der Waals surface area contributed by atoms with E-state index in [0.29, 0.717) is 12.6 Å². The van der Waals surface area contributed by atoms with E-state index in [2.05, 4.69) is 31.0 Å². The first-order chi connectivity index (χ1) is 8.41. The summed E-state index contributed by atoms with van der Waals surface area (Å²) in [6, 6.07) is 0.553. The number of hydrogen-bond acceptors (Lipinski definition) is 3. The molecule has 3 N–H and O–H groups in total. The lowest BCUT2D eigenvalue weighted by atomic mass is 10.0. The van der Waals surface area contributed by atoms with Crippen LogP contribution < -0.4 is 11.1 Å². The quantitative estimate of drug-likeness (QED) is 0.691. The van der Waals surface area contributed by atoms with Gasteiger partial charge in [-0.05, 0) is 53.0 Å². The summed E-state index contributed by atoms with van der Waals surface area (Å²) in [5.74, 6) is 0.144. The average Bonchev–Trinajstić information content (AvgIpc) is 3.13. The number of carbonyl (C=O) groups is 1. The number of nitrogens with one attached hydrogen (secondary N) is 1. The van der Waals surface area contributed by atoms with Crippen molar-refractivity contribution in [3.8, 4) is 0 Å². The summed E-state index contributed by atoms with van der Waals surface area (Å²) >= 11 is 0. The minimum absolute atomic E-state index is 0.0464. The Hall–Kier alpha value is -0.610. The molecule has 0 spiro atoms. The minimum atomic E-state index is -0.117. The summed E-state index contributed by atoms with van der Waals surface area (Å²) in [5, 5.41) is 3.13. The standard InChI is InChI=1S/C14H29N3O/c1-5-14(3,4)16-13(18)11(2)17(10-6-9-15)12-7-8-12/h11-12H,5-10,15H2,1-4H3,(H,16,18). The van der Waals surface area contributed by atoms with Gasteiger partial charge in [0, 0.05) is 18.1 Å². The van der Waals surface area contributed by atoms with E-state index in [0.717, 1.165) is 19.4 Å². The summed E-state index contributed by atoms with van der Waals surface area (Å²) in [7, 11) is 0. The molecular formula is C14H29N3O. The fourth-order valence-corrected chi connectivity index (χ4v) is 2.05. The third-order valence-corrected chi connectivity index (χ3v) is 3.86. The molecule has 1 unspecified atom stereocenters. The first-order valence-electron chi connectivity index (χ1n) is 7.19. The highest BCUT2D eigenvalue weighted by Gasteiger charge is 2.35. The van der Waals surface area contributed by atoms with Gasteiger partial charge >= 0.3 is 0 Å². The molecule has 0 saturated heterocycles. The summed E-state index contributed by atoms with van der Waals surface area (Å²) < 4.78 is 0. The van der Waals surface area contributed by atoms with Crippen molar-refractivity contribution in [2.45, 2.75) is 71.0 Å². The van der Waals surface area contributed by atoms with Gasteiger partial charge in [0.1, 0.15) is 0 Å². The van der Waals surface area contributed by atoms with E-state index in [1.165, 1.54) is 12.8 Å². The molecule has 0 aromatic rings. The predicted molar refractivity (Wildman–Crippen MR) is 75.4 cm³/mol. The van der Waals surface area contributed by atoms with Crippen molar-refractivity contribution in [2.75, 3.05) is 13.1 Å². The summed E-state index contributed by atoms with van der Waals surface area (Å²) in [4.78, 5) is 14.6. The van der Waals surface area contributed by atoms with Crippen LogP contribution in [-0.4, -0.2) is 41.5 Å². The molecule has 0 radical (unpaired) electrons. The molecule has 106 valence electrons. The Morgan fingerprint density at radius 3 is 2.56 bits per heavy atom. The fraction of sp³-hybridized carbons (Fsp3) is 0.929. The maximum atomic E-state index is 12.3. The molecule has 1 aliphatic carbocycles. The zero-order valence-corrected chi connectivity index (χ0v) is 12.3. The molecule has 1 fully saturated rings. The molecule has 1 amide bonds. The fourth-order valence-electron chi connectivity index (χ4n) is 2.05. The lowest BCUT2D eigenvalue weighted by Gasteiger charge is -2.32. The number of carbonyl (C=O) groups excluding carboxylic acids is 1. The van der Waals surface area contributed by atoms with Crippen LogP contribution in [0.25, 0.3) is 0 Å². The molecule has 1 atom stereocenters. The van der Waals surface area contributed by atoms with E-state index in [4.69, 9.17) is 5.73 Å². The second-order valence-corrected chi connectivity index (χ2v) is 6.01. The predicted octanol–water partition coefficient (Wildman–Crippen LogP) is 1.49. The zero-order chi connectivity index (χ0) is 13.8. The van der Waals surface area contributed by atoms with Gasteiger partial charge in [0.15, 0.2) is 0 Å². The van der Waals surface area contributed by atoms with Crippen molar-refractivity contribution in [3.05, 3.63) is 0 Å². The highest BCUT2D eigenvalue weighted by Crippen LogP contribution is 2.28. The monoisotopic (exact) mass is 255 g/mol. The molecule has 0 aromatic carbocycles. The Balaban J connectivity index is 2.53. The van der Waals surface area contributed by atoms with Crippen LogP contribution in [0.5, 0.6) is 0 Å². The van der Waals surface area contributed by atoms with E-state index in [9.17, 15) is 4.79 Å². The van der Waals surface area contributed by atoms with E-state index in [1.807, 2.05) is 6.92 Å². The van der Waals surface area contributed by atoms with Crippen LogP contribution in [0.15, 0.2) is 0 Å². The minimum Gasteiger partial charge on any atom is -0.350 e. The van der Waals surface area contributed by atoms with Crippen LogP contribution in [0.2, 0.25) is 0 Å². The lowest BCUT2D eigenvalue weighted by Crippen LogP contribution is -2.52. The van der Waals surface area contributed by atoms with Crippen molar-refractivity contribution < 1.29 is 4.79 Å². The molecule has 0 bridgehead atoms. The van der Waals surface area contributed by atoms with Gasteiger partial charge in [0.05, 0.1) is 6.04 Å². The van der Waals surface area contributed by atoms with Gasteiger partial charge in [-0.25, -0.2) is 0 Å². The third kappa shape index (κ3) is 4.58. The Morgan fingerprint density at radius 1 is 1.50 bits per heavy atom. The largest absolute Gasteiger partial charge is 0.350 e. The first-order valence-corrected chi connectivity index (χ1v) is 7.19. The van der Waals surface area contributed by atoms with E-state index < -0.39 is 0 Å². The van der Waals surface area contributed by atoms with Crippen LogP contribution in [0.1, 0.15) is 53.4 Å². The van der Waals surface area contributed by atoms with Gasteiger partial charge in [0.2, 0.25) is 5.91 Å². The number of hydrogen-bond donors (Lipinski definition) is 2. The highest BCUT2D eigenvalue weighted by molar-refractivity contribution is 5.82. The molecule has 18 heavy (non-hydrogen) atoms. The maximum absolute atomic E-state index is 12.3. The second-order valence-electron chi connectivity index (χ2n) is 6.01. The average molecular weight is 255 g/mol. The van der Waals surface area contributed by atoms with Crippen LogP contribution in [0.4, 0.5) is 0 Å². The van der Waals surface area contributed by atoms with E-state index >= 15 is 0 Å². The van der Waals surface area contributed by atoms with Crippen molar-refractivity contribution in [1.82, 2.24) is 10.2 Å². The number of rotatable bonds is 8. The molecule has 4 nitrogen and oxygen atoms in total. The Morgan fingerprint density at radius 2 is 2.11 bits per heavy atom. The maximum Gasteiger partial charge on any atom is 0.237 e. The Labute approximate surface area is 111 Å². The number of amides is 1. The third-order valence-electron chi connectivity index (χ3n) is 3.86. The first kappa shape index (κ1) is 15.4. The van der Waals surface area contributed by atoms with Gasteiger partial charge in [-0.15, -0.1) is 0 Å². The molecule has 1 aliphatic rings. The molecular weight excluding hydrogens is 226 g/mol. The van der Waals surface area contributed by atoms with Crippen molar-refractivity contribution in [3.63, 3.8) is 0 Å². The molecule has 1 saturated carbocycles. The SMILES string of the molecule is CCC(C)(C)NC(=O)C(C)N(CCCN)C1CC1. The van der Waals surface area contributed by atoms with E-state index in [-0.39, 0.29) is 17.5 Å². The van der Waals surface area contributed by atoms with Gasteiger partial charge in [-0.3, -0.25) is 9.69 Å². The smallest absolute Gasteiger partial charge is 0.237 e. The molecule has 0 heterocycles. The normalized spacial score (nSPS) is 17.9. The molecule has 0 aliphatic heterocycles. The van der Waals surface area contributed by atoms with Gasteiger partial charge in [0.25, 0.3) is 0 Å². The summed E-state index contributed by atoms with van der Waals surface area (Å²) in [6.45, 7) is 9.87. The molecule has 4 heteroatoms. The molecule has 1 rings (SSSR count). The van der Waals surface area contributed by atoms with Crippen molar-refractivity contribution >= 4 is 5.91 Å². The van der Waals surface area contributed by atoms with Crippen LogP contribution >= 0.6 is 0 Å². The van der Waals surface area contributed by atoms with Crippen LogP contribution in [0, 0.1) is 0 Å². The molecule has 0 aromatic heterocycles. The van der Waals surface area contributed by atoms with Crippen LogP contribution in [0.3, 0.4) is 0 Å². The summed E-state index contributed by atoms with van der Waals surface area (Å²) in [6.07, 6.45) is 4.35. The van der Waals surface area contributed by atoms with Crippen molar-refractivity contribution in [2.24, 2.45) is 5.73 Å². The van der Waals surface area contributed by atoms with Gasteiger partial charge in [-0.1, -0.05) is 6.92 Å². The van der Waals surface area contributed by atoms with E-state index in [1.54, 1.807) is 0 Å². The highest BCUT2D eigenvalue weighted by atomic mass is 16.2. The topological polar surface area (TPSA) is 58.4 Å². The summed E-state index contributed by atoms with van der Waals surface area (Å²) in [5.41, 5.74) is 5.45. The van der Waals surface area contributed by atoms with Crippen LogP contribution in [-0.2, 0) is 4.79 Å². The van der Waals surface area contributed by atoms with Crippen molar-refractivity contribution in [1.29, 1.82) is 0 Å². The zero-order valence-electron chi connectivity index (χ0n) is 12.3. The van der Waals surface area contributed by atoms with Gasteiger partial charge < -0.3 is 11.1 Å².